The van der Waals surface area contributed by atoms with Crippen molar-refractivity contribution in [3.8, 4) is 0 Å². The van der Waals surface area contributed by atoms with Gasteiger partial charge in [0.25, 0.3) is 0 Å². The minimum atomic E-state index is -0.671. The molecule has 9 heteroatoms. The van der Waals surface area contributed by atoms with Crippen molar-refractivity contribution in [2.45, 2.75) is 137 Å². The molecular weight excluding hydrogens is 566 g/mol. The van der Waals surface area contributed by atoms with Crippen LogP contribution in [0.4, 0.5) is 4.79 Å². The van der Waals surface area contributed by atoms with E-state index in [0.717, 1.165) is 61.2 Å². The molecule has 260 valence electrons. The van der Waals surface area contributed by atoms with Crippen LogP contribution in [0.3, 0.4) is 0 Å². The molecule has 0 saturated heterocycles. The van der Waals surface area contributed by atoms with Gasteiger partial charge in [-0.3, -0.25) is 9.59 Å². The van der Waals surface area contributed by atoms with Crippen molar-refractivity contribution in [2.75, 3.05) is 26.2 Å². The second-order valence-electron chi connectivity index (χ2n) is 15.9. The van der Waals surface area contributed by atoms with Crippen molar-refractivity contribution >= 4 is 17.9 Å². The number of nitrogens with two attached hydrogens (primary N) is 2. The quantitative estimate of drug-likeness (QED) is 0.142. The van der Waals surface area contributed by atoms with Crippen molar-refractivity contribution in [2.24, 2.45) is 57.8 Å². The van der Waals surface area contributed by atoms with Gasteiger partial charge >= 0.3 is 6.09 Å². The highest BCUT2D eigenvalue weighted by Gasteiger charge is 2.56. The first kappa shape index (κ1) is 37.6. The molecule has 3 rings (SSSR count). The van der Waals surface area contributed by atoms with Gasteiger partial charge in [0, 0.05) is 13.1 Å². The molecule has 0 heterocycles. The fourth-order valence-electron chi connectivity index (χ4n) is 9.63. The highest BCUT2D eigenvalue weighted by atomic mass is 16.6. The third kappa shape index (κ3) is 10.3. The number of alkyl carbamates (subject to hydrolysis) is 1. The Kier molecular flexibility index (Phi) is 14.5. The molecule has 0 aromatic carbocycles. The summed E-state index contributed by atoms with van der Waals surface area (Å²) in [6, 6.07) is -0.671. The van der Waals surface area contributed by atoms with E-state index in [9.17, 15) is 14.4 Å². The second-order valence-corrected chi connectivity index (χ2v) is 15.9. The zero-order valence-corrected chi connectivity index (χ0v) is 29.4. The number of rotatable bonds is 16. The number of nitrogens with one attached hydrogen (secondary N) is 3. The maximum absolute atomic E-state index is 12.5. The Labute approximate surface area is 273 Å². The summed E-state index contributed by atoms with van der Waals surface area (Å²) in [5.41, 5.74) is 12.0. The SMILES string of the molecule is CC(C)CCCC(C)C1CCC2C(C)C(C3(C)CCC(OC(=O)NCCNC(=O)CNC(=O)C(N)CCCN)CC3)CCC12C. The summed E-state index contributed by atoms with van der Waals surface area (Å²) in [5.74, 6) is 4.13. The Morgan fingerprint density at radius 1 is 0.844 bits per heavy atom. The van der Waals surface area contributed by atoms with Crippen LogP contribution in [0.2, 0.25) is 0 Å². The molecule has 0 aliphatic heterocycles. The molecule has 0 aromatic heterocycles. The molecule has 7 N–H and O–H groups in total. The van der Waals surface area contributed by atoms with E-state index < -0.39 is 12.1 Å². The van der Waals surface area contributed by atoms with Crippen molar-refractivity contribution in [3.63, 3.8) is 0 Å². The van der Waals surface area contributed by atoms with Crippen LogP contribution in [0.1, 0.15) is 125 Å². The van der Waals surface area contributed by atoms with Crippen LogP contribution < -0.4 is 27.4 Å². The van der Waals surface area contributed by atoms with Crippen LogP contribution in [-0.4, -0.2) is 56.2 Å². The first-order chi connectivity index (χ1) is 21.3. The molecule has 0 bridgehead atoms. The molecule has 45 heavy (non-hydrogen) atoms. The monoisotopic (exact) mass is 634 g/mol. The van der Waals surface area contributed by atoms with E-state index in [-0.39, 0.29) is 37.6 Å². The predicted octanol–water partition coefficient (Wildman–Crippen LogP) is 5.50. The fourth-order valence-corrected chi connectivity index (χ4v) is 9.63. The Morgan fingerprint density at radius 3 is 2.20 bits per heavy atom. The molecule has 0 radical (unpaired) electrons. The molecule has 0 aromatic rings. The lowest BCUT2D eigenvalue weighted by molar-refractivity contribution is -0.126. The van der Waals surface area contributed by atoms with E-state index in [4.69, 9.17) is 16.2 Å². The third-order valence-electron chi connectivity index (χ3n) is 12.3. The fraction of sp³-hybridized carbons (Fsp3) is 0.917. The van der Waals surface area contributed by atoms with E-state index in [1.54, 1.807) is 0 Å². The highest BCUT2D eigenvalue weighted by Crippen LogP contribution is 2.64. The normalized spacial score (nSPS) is 32.8. The summed E-state index contributed by atoms with van der Waals surface area (Å²) in [6.07, 6.45) is 14.3. The van der Waals surface area contributed by atoms with Gasteiger partial charge in [-0.1, -0.05) is 60.8 Å². The smallest absolute Gasteiger partial charge is 0.407 e. The van der Waals surface area contributed by atoms with E-state index >= 15 is 0 Å². The topological polar surface area (TPSA) is 149 Å². The van der Waals surface area contributed by atoms with Crippen molar-refractivity contribution in [3.05, 3.63) is 0 Å². The average molecular weight is 634 g/mol. The summed E-state index contributed by atoms with van der Waals surface area (Å²) in [4.78, 5) is 36.4. The van der Waals surface area contributed by atoms with Gasteiger partial charge in [-0.05, 0) is 117 Å². The number of ether oxygens (including phenoxy) is 1. The molecule has 3 amide bonds. The Bertz CT molecular complexity index is 952. The molecular formula is C36H67N5O4. The maximum atomic E-state index is 12.5. The number of carbonyl (C=O) groups is 3. The van der Waals surface area contributed by atoms with Gasteiger partial charge in [0.1, 0.15) is 6.10 Å². The first-order valence-corrected chi connectivity index (χ1v) is 18.2. The minimum Gasteiger partial charge on any atom is -0.446 e. The molecule has 3 fully saturated rings. The average Bonchev–Trinajstić information content (AvgIpc) is 3.35. The van der Waals surface area contributed by atoms with Crippen LogP contribution >= 0.6 is 0 Å². The number of carbonyl (C=O) groups excluding carboxylic acids is 3. The van der Waals surface area contributed by atoms with Crippen LogP contribution in [0.15, 0.2) is 0 Å². The van der Waals surface area contributed by atoms with Gasteiger partial charge in [0.15, 0.2) is 0 Å². The summed E-state index contributed by atoms with van der Waals surface area (Å²) >= 11 is 0. The molecule has 7 atom stereocenters. The van der Waals surface area contributed by atoms with Gasteiger partial charge in [0.2, 0.25) is 11.8 Å². The van der Waals surface area contributed by atoms with Crippen molar-refractivity contribution in [1.82, 2.24) is 16.0 Å². The zero-order chi connectivity index (χ0) is 33.2. The number of fused-ring (bicyclic) bond motifs is 1. The van der Waals surface area contributed by atoms with Gasteiger partial charge in [-0.25, -0.2) is 4.79 Å². The van der Waals surface area contributed by atoms with E-state index in [2.05, 4.69) is 57.5 Å². The summed E-state index contributed by atoms with van der Waals surface area (Å²) < 4.78 is 5.77. The maximum Gasteiger partial charge on any atom is 0.407 e. The number of amides is 3. The number of hydrogen-bond acceptors (Lipinski definition) is 6. The zero-order valence-electron chi connectivity index (χ0n) is 29.4. The van der Waals surface area contributed by atoms with Gasteiger partial charge < -0.3 is 32.2 Å². The molecule has 7 unspecified atom stereocenters. The summed E-state index contributed by atoms with van der Waals surface area (Å²) in [6.45, 7) is 15.8. The van der Waals surface area contributed by atoms with Crippen LogP contribution in [-0.2, 0) is 14.3 Å². The lowest BCUT2D eigenvalue weighted by Crippen LogP contribution is -2.48. The predicted molar refractivity (Wildman–Crippen MR) is 181 cm³/mol. The first-order valence-electron chi connectivity index (χ1n) is 18.2. The Morgan fingerprint density at radius 2 is 1.53 bits per heavy atom. The molecule has 3 aliphatic rings. The molecule has 9 nitrogen and oxygen atoms in total. The van der Waals surface area contributed by atoms with E-state index in [1.165, 1.54) is 44.9 Å². The van der Waals surface area contributed by atoms with E-state index in [0.29, 0.717) is 30.2 Å². The molecule has 0 spiro atoms. The van der Waals surface area contributed by atoms with Gasteiger partial charge in [0.05, 0.1) is 12.6 Å². The molecule has 3 aliphatic carbocycles. The van der Waals surface area contributed by atoms with Gasteiger partial charge in [-0.2, -0.15) is 0 Å². The third-order valence-corrected chi connectivity index (χ3v) is 12.3. The summed E-state index contributed by atoms with van der Waals surface area (Å²) in [5, 5.41) is 7.96. The Hall–Kier alpha value is -1.87. The van der Waals surface area contributed by atoms with E-state index in [1.807, 2.05) is 0 Å². The summed E-state index contributed by atoms with van der Waals surface area (Å²) in [7, 11) is 0. The minimum absolute atomic E-state index is 0.0573. The van der Waals surface area contributed by atoms with Crippen molar-refractivity contribution in [1.29, 1.82) is 0 Å². The lowest BCUT2D eigenvalue weighted by Gasteiger charge is -2.55. The second kappa shape index (κ2) is 17.3. The van der Waals surface area contributed by atoms with Crippen molar-refractivity contribution < 1.29 is 19.1 Å². The Balaban J connectivity index is 1.35. The lowest BCUT2D eigenvalue weighted by atomic mass is 9.50. The number of hydrogen-bond donors (Lipinski definition) is 5. The van der Waals surface area contributed by atoms with Crippen LogP contribution in [0, 0.1) is 46.3 Å². The van der Waals surface area contributed by atoms with Crippen LogP contribution in [0.5, 0.6) is 0 Å². The highest BCUT2D eigenvalue weighted by molar-refractivity contribution is 5.87. The standard InChI is InChI=1S/C36H67N5O4/c1-24(2)9-7-10-25(3)28-12-13-30-26(4)29(16-19-36(28,30)6)35(5)17-14-27(15-18-35)45-34(44)40-22-21-39-32(42)23-41-33(43)31(38)11-8-20-37/h24-31H,7-23,37-38H2,1-6H3,(H,39,42)(H,40,44)(H,41,43). The van der Waals surface area contributed by atoms with Crippen LogP contribution in [0.25, 0.3) is 0 Å². The van der Waals surface area contributed by atoms with Gasteiger partial charge in [-0.15, -0.1) is 0 Å². The molecule has 3 saturated carbocycles. The largest absolute Gasteiger partial charge is 0.446 e.